The Labute approximate surface area is 176 Å². The third kappa shape index (κ3) is 7.24. The van der Waals surface area contributed by atoms with E-state index in [0.717, 1.165) is 56.2 Å². The highest BCUT2D eigenvalue weighted by atomic mass is 79.9. The van der Waals surface area contributed by atoms with Gasteiger partial charge >= 0.3 is 6.03 Å². The molecular formula is C22H29BrN4O. The van der Waals surface area contributed by atoms with Gasteiger partial charge in [0.25, 0.3) is 0 Å². The van der Waals surface area contributed by atoms with Crippen LogP contribution >= 0.6 is 15.9 Å². The van der Waals surface area contributed by atoms with Crippen molar-refractivity contribution in [1.29, 1.82) is 0 Å². The minimum Gasteiger partial charge on any atom is -0.338 e. The van der Waals surface area contributed by atoms with Gasteiger partial charge in [-0.15, -0.1) is 0 Å². The Morgan fingerprint density at radius 2 is 1.89 bits per heavy atom. The van der Waals surface area contributed by atoms with Crippen molar-refractivity contribution in [3.05, 3.63) is 64.4 Å². The number of piperidine rings is 1. The molecule has 1 aliphatic heterocycles. The van der Waals surface area contributed by atoms with Gasteiger partial charge in [0.2, 0.25) is 0 Å². The van der Waals surface area contributed by atoms with Gasteiger partial charge in [0.05, 0.1) is 0 Å². The maximum absolute atomic E-state index is 12.1. The topological polar surface area (TPSA) is 57.3 Å². The second kappa shape index (κ2) is 11.2. The van der Waals surface area contributed by atoms with Crippen LogP contribution in [-0.2, 0) is 12.8 Å². The number of nitrogens with one attached hydrogen (secondary N) is 2. The fourth-order valence-electron chi connectivity index (χ4n) is 3.56. The minimum absolute atomic E-state index is 0.0375. The zero-order valence-electron chi connectivity index (χ0n) is 16.2. The Morgan fingerprint density at radius 3 is 2.64 bits per heavy atom. The Hall–Kier alpha value is -1.92. The van der Waals surface area contributed by atoms with Crippen molar-refractivity contribution in [3.8, 4) is 0 Å². The van der Waals surface area contributed by atoms with Gasteiger partial charge < -0.3 is 15.5 Å². The molecule has 2 aromatic rings. The Kier molecular flexibility index (Phi) is 8.30. The van der Waals surface area contributed by atoms with E-state index in [-0.39, 0.29) is 12.1 Å². The van der Waals surface area contributed by atoms with Crippen molar-refractivity contribution in [3.63, 3.8) is 0 Å². The first-order valence-electron chi connectivity index (χ1n) is 10.1. The van der Waals surface area contributed by atoms with Crippen LogP contribution in [0.4, 0.5) is 4.79 Å². The molecule has 1 aliphatic rings. The van der Waals surface area contributed by atoms with Gasteiger partial charge in [-0.3, -0.25) is 4.98 Å². The lowest BCUT2D eigenvalue weighted by Gasteiger charge is -2.32. The number of hydrogen-bond donors (Lipinski definition) is 2. The molecule has 1 saturated heterocycles. The highest BCUT2D eigenvalue weighted by molar-refractivity contribution is 9.10. The number of amides is 2. The monoisotopic (exact) mass is 444 g/mol. The number of likely N-dealkylation sites (tertiary alicyclic amines) is 1. The Balaban J connectivity index is 1.26. The van der Waals surface area contributed by atoms with Crippen molar-refractivity contribution in [1.82, 2.24) is 20.5 Å². The van der Waals surface area contributed by atoms with Crippen LogP contribution in [0.2, 0.25) is 0 Å². The van der Waals surface area contributed by atoms with Crippen molar-refractivity contribution in [2.45, 2.75) is 38.1 Å². The third-order valence-corrected chi connectivity index (χ3v) is 5.70. The summed E-state index contributed by atoms with van der Waals surface area (Å²) in [6.07, 6.45) is 8.70. The van der Waals surface area contributed by atoms with Gasteiger partial charge in [0.1, 0.15) is 0 Å². The van der Waals surface area contributed by atoms with Gasteiger partial charge in [0, 0.05) is 49.1 Å². The number of benzene rings is 1. The SMILES string of the molecule is O=C(NCCCc1cccc(Br)c1)NC1CCN(CCc2ccncc2)CC1. The second-order valence-corrected chi connectivity index (χ2v) is 8.27. The number of carbonyl (C=O) groups is 1. The molecule has 2 heterocycles. The number of halogens is 1. The third-order valence-electron chi connectivity index (χ3n) is 5.21. The number of hydrogen-bond acceptors (Lipinski definition) is 3. The lowest BCUT2D eigenvalue weighted by molar-refractivity contribution is 0.194. The molecule has 3 rings (SSSR count). The Bertz CT molecular complexity index is 732. The van der Waals surface area contributed by atoms with Crippen LogP contribution in [0, 0.1) is 0 Å². The summed E-state index contributed by atoms with van der Waals surface area (Å²) in [6.45, 7) is 3.85. The lowest BCUT2D eigenvalue weighted by atomic mass is 10.0. The van der Waals surface area contributed by atoms with Crippen LogP contribution in [0.1, 0.15) is 30.4 Å². The standard InChI is InChI=1S/C22H29BrN4O/c23-20-5-1-3-19(17-20)4-2-11-25-22(28)26-21-9-15-27(16-10-21)14-8-18-6-12-24-13-7-18/h1,3,5-7,12-13,17,21H,2,4,8-11,14-16H2,(H2,25,26,28). The predicted molar refractivity (Wildman–Crippen MR) is 116 cm³/mol. The molecule has 1 fully saturated rings. The van der Waals surface area contributed by atoms with E-state index in [0.29, 0.717) is 6.54 Å². The van der Waals surface area contributed by atoms with E-state index in [1.54, 1.807) is 0 Å². The van der Waals surface area contributed by atoms with Crippen molar-refractivity contribution >= 4 is 22.0 Å². The molecule has 0 radical (unpaired) electrons. The van der Waals surface area contributed by atoms with Crippen LogP contribution < -0.4 is 10.6 Å². The summed E-state index contributed by atoms with van der Waals surface area (Å²) in [5.41, 5.74) is 2.62. The van der Waals surface area contributed by atoms with Crippen molar-refractivity contribution in [2.24, 2.45) is 0 Å². The van der Waals surface area contributed by atoms with E-state index < -0.39 is 0 Å². The number of rotatable bonds is 8. The molecule has 5 nitrogen and oxygen atoms in total. The summed E-state index contributed by atoms with van der Waals surface area (Å²) in [6, 6.07) is 12.7. The van der Waals surface area contributed by atoms with E-state index in [4.69, 9.17) is 0 Å². The first kappa shape index (κ1) is 20.8. The summed E-state index contributed by atoms with van der Waals surface area (Å²) in [5, 5.41) is 6.12. The first-order valence-corrected chi connectivity index (χ1v) is 10.9. The average molecular weight is 445 g/mol. The molecule has 2 amide bonds. The molecule has 1 aromatic carbocycles. The quantitative estimate of drug-likeness (QED) is 0.608. The van der Waals surface area contributed by atoms with E-state index >= 15 is 0 Å². The molecule has 150 valence electrons. The number of nitrogens with zero attached hydrogens (tertiary/aromatic N) is 2. The molecular weight excluding hydrogens is 416 g/mol. The van der Waals surface area contributed by atoms with E-state index in [2.05, 4.69) is 60.7 Å². The van der Waals surface area contributed by atoms with Gasteiger partial charge in [-0.05, 0) is 67.5 Å². The van der Waals surface area contributed by atoms with Crippen LogP contribution in [0.25, 0.3) is 0 Å². The summed E-state index contributed by atoms with van der Waals surface area (Å²) < 4.78 is 1.10. The smallest absolute Gasteiger partial charge is 0.315 e. The normalized spacial score (nSPS) is 15.3. The second-order valence-electron chi connectivity index (χ2n) is 7.36. The highest BCUT2D eigenvalue weighted by Gasteiger charge is 2.20. The molecule has 0 aliphatic carbocycles. The van der Waals surface area contributed by atoms with Crippen LogP contribution in [0.3, 0.4) is 0 Å². The Morgan fingerprint density at radius 1 is 1.11 bits per heavy atom. The maximum atomic E-state index is 12.1. The van der Waals surface area contributed by atoms with Crippen LogP contribution in [-0.4, -0.2) is 48.1 Å². The summed E-state index contributed by atoms with van der Waals surface area (Å²) in [5.74, 6) is 0. The molecule has 0 spiro atoms. The molecule has 2 N–H and O–H groups in total. The van der Waals surface area contributed by atoms with E-state index in [1.807, 2.05) is 24.5 Å². The maximum Gasteiger partial charge on any atom is 0.315 e. The fraction of sp³-hybridized carbons (Fsp3) is 0.455. The van der Waals surface area contributed by atoms with E-state index in [9.17, 15) is 4.79 Å². The van der Waals surface area contributed by atoms with E-state index in [1.165, 1.54) is 11.1 Å². The number of carbonyl (C=O) groups excluding carboxylic acids is 1. The molecule has 0 saturated carbocycles. The van der Waals surface area contributed by atoms with Gasteiger partial charge in [-0.1, -0.05) is 28.1 Å². The molecule has 28 heavy (non-hydrogen) atoms. The summed E-state index contributed by atoms with van der Waals surface area (Å²) in [7, 11) is 0. The molecule has 0 unspecified atom stereocenters. The van der Waals surface area contributed by atoms with Crippen molar-refractivity contribution < 1.29 is 4.79 Å². The van der Waals surface area contributed by atoms with Gasteiger partial charge in [-0.25, -0.2) is 4.79 Å². The number of pyridine rings is 1. The minimum atomic E-state index is -0.0375. The average Bonchev–Trinajstić information content (AvgIpc) is 2.72. The number of aryl methyl sites for hydroxylation is 1. The van der Waals surface area contributed by atoms with Gasteiger partial charge in [-0.2, -0.15) is 0 Å². The predicted octanol–water partition coefficient (Wildman–Crippen LogP) is 3.78. The number of aromatic nitrogens is 1. The number of urea groups is 1. The molecule has 0 atom stereocenters. The first-order chi connectivity index (χ1) is 13.7. The molecule has 6 heteroatoms. The van der Waals surface area contributed by atoms with Crippen LogP contribution in [0.5, 0.6) is 0 Å². The van der Waals surface area contributed by atoms with Crippen LogP contribution in [0.15, 0.2) is 53.3 Å². The van der Waals surface area contributed by atoms with Crippen molar-refractivity contribution in [2.75, 3.05) is 26.2 Å². The lowest BCUT2D eigenvalue weighted by Crippen LogP contribution is -2.48. The molecule has 0 bridgehead atoms. The summed E-state index contributed by atoms with van der Waals surface area (Å²) >= 11 is 3.49. The van der Waals surface area contributed by atoms with Gasteiger partial charge in [0.15, 0.2) is 0 Å². The summed E-state index contributed by atoms with van der Waals surface area (Å²) in [4.78, 5) is 18.7. The fourth-order valence-corrected chi connectivity index (χ4v) is 4.01. The largest absolute Gasteiger partial charge is 0.338 e. The zero-order valence-corrected chi connectivity index (χ0v) is 17.8. The highest BCUT2D eigenvalue weighted by Crippen LogP contribution is 2.13. The zero-order chi connectivity index (χ0) is 19.6. The molecule has 1 aromatic heterocycles.